The number of benzene rings is 3. The Hall–Kier alpha value is -3.74. The van der Waals surface area contributed by atoms with Gasteiger partial charge in [-0.3, -0.25) is 4.79 Å². The molecule has 0 aromatic heterocycles. The van der Waals surface area contributed by atoms with E-state index in [9.17, 15) is 27.8 Å². The molecule has 7 heteroatoms. The van der Waals surface area contributed by atoms with Crippen LogP contribution < -0.4 is 4.74 Å². The maximum absolute atomic E-state index is 14.2. The third-order valence-corrected chi connectivity index (χ3v) is 7.88. The number of ether oxygens (including phenoxy) is 1. The highest BCUT2D eigenvalue weighted by atomic mass is 19.3. The fourth-order valence-corrected chi connectivity index (χ4v) is 5.91. The predicted molar refractivity (Wildman–Crippen MR) is 138 cm³/mol. The normalized spacial score (nSPS) is 23.1. The summed E-state index contributed by atoms with van der Waals surface area (Å²) in [5.41, 5.74) is 1.87. The first kappa shape index (κ1) is 25.9. The molecule has 0 amide bonds. The standard InChI is InChI=1S/C31H27F4NO2/c1-18(20-5-7-22(32)8-6-20)21-13-14-31(17-21)27(15-19-3-10-24(11-4-19)38-30(2,34)35)28(37)25-12-9-23(33)16-26(25)29(31)36/h3-12,15-16,18,21,36H,13-14,17H2,1-2H3/b27-15-,36-29?. The van der Waals surface area contributed by atoms with Crippen LogP contribution in [0.4, 0.5) is 17.6 Å². The van der Waals surface area contributed by atoms with Crippen LogP contribution in [0.2, 0.25) is 0 Å². The van der Waals surface area contributed by atoms with Crippen LogP contribution >= 0.6 is 0 Å². The molecule has 0 saturated heterocycles. The van der Waals surface area contributed by atoms with Crippen molar-refractivity contribution in [3.8, 4) is 5.75 Å². The van der Waals surface area contributed by atoms with Crippen molar-refractivity contribution in [1.29, 1.82) is 5.41 Å². The minimum Gasteiger partial charge on any atom is -0.433 e. The van der Waals surface area contributed by atoms with Crippen molar-refractivity contribution in [1.82, 2.24) is 0 Å². The number of ketones is 1. The van der Waals surface area contributed by atoms with Crippen molar-refractivity contribution in [2.45, 2.75) is 45.1 Å². The van der Waals surface area contributed by atoms with Gasteiger partial charge >= 0.3 is 6.11 Å². The van der Waals surface area contributed by atoms with E-state index in [1.165, 1.54) is 42.5 Å². The van der Waals surface area contributed by atoms with Gasteiger partial charge < -0.3 is 10.1 Å². The number of carbonyl (C=O) groups excluding carboxylic acids is 1. The molecule has 196 valence electrons. The lowest BCUT2D eigenvalue weighted by Crippen LogP contribution is -2.40. The van der Waals surface area contributed by atoms with E-state index in [0.29, 0.717) is 36.5 Å². The second-order valence-corrected chi connectivity index (χ2v) is 10.4. The zero-order chi connectivity index (χ0) is 27.2. The molecule has 3 aromatic carbocycles. The maximum atomic E-state index is 14.2. The first-order chi connectivity index (χ1) is 18.0. The van der Waals surface area contributed by atoms with Gasteiger partial charge in [-0.2, -0.15) is 8.78 Å². The molecule has 3 aromatic rings. The lowest BCUT2D eigenvalue weighted by Gasteiger charge is -2.38. The zero-order valence-corrected chi connectivity index (χ0v) is 21.0. The van der Waals surface area contributed by atoms with Crippen LogP contribution in [0, 0.1) is 28.4 Å². The summed E-state index contributed by atoms with van der Waals surface area (Å²) in [4.78, 5) is 13.8. The molecule has 1 N–H and O–H groups in total. The fourth-order valence-electron chi connectivity index (χ4n) is 5.91. The third-order valence-electron chi connectivity index (χ3n) is 7.88. The highest BCUT2D eigenvalue weighted by molar-refractivity contribution is 6.27. The fraction of sp³-hybridized carbons (Fsp3) is 0.290. The summed E-state index contributed by atoms with van der Waals surface area (Å²) in [5.74, 6) is -0.943. The number of carbonyl (C=O) groups is 1. The van der Waals surface area contributed by atoms with Gasteiger partial charge in [0.05, 0.1) is 5.71 Å². The molecule has 1 saturated carbocycles. The molecular weight excluding hydrogens is 494 g/mol. The molecule has 0 bridgehead atoms. The van der Waals surface area contributed by atoms with Gasteiger partial charge in [0.2, 0.25) is 0 Å². The Kier molecular flexibility index (Phi) is 6.49. The Morgan fingerprint density at radius 3 is 2.32 bits per heavy atom. The van der Waals surface area contributed by atoms with Gasteiger partial charge in [0.1, 0.15) is 17.4 Å². The predicted octanol–water partition coefficient (Wildman–Crippen LogP) is 8.19. The second kappa shape index (κ2) is 9.53. The largest absolute Gasteiger partial charge is 0.433 e. The van der Waals surface area contributed by atoms with E-state index in [1.807, 2.05) is 0 Å². The van der Waals surface area contributed by atoms with E-state index < -0.39 is 17.3 Å². The van der Waals surface area contributed by atoms with Crippen LogP contribution in [0.25, 0.3) is 6.08 Å². The number of Topliss-reactive ketones (excluding diaryl/α,β-unsaturated/α-hetero) is 1. The molecule has 0 aliphatic heterocycles. The number of fused-ring (bicyclic) bond motifs is 1. The van der Waals surface area contributed by atoms with Crippen LogP contribution in [0.5, 0.6) is 5.75 Å². The molecule has 0 radical (unpaired) electrons. The Bertz CT molecular complexity index is 1420. The van der Waals surface area contributed by atoms with Gasteiger partial charge in [0.15, 0.2) is 5.78 Å². The average Bonchev–Trinajstić information content (AvgIpc) is 3.32. The smallest absolute Gasteiger partial charge is 0.394 e. The number of rotatable bonds is 5. The number of hydrogen-bond donors (Lipinski definition) is 1. The Balaban J connectivity index is 1.55. The van der Waals surface area contributed by atoms with Crippen molar-refractivity contribution < 1.29 is 27.1 Å². The van der Waals surface area contributed by atoms with E-state index in [4.69, 9.17) is 0 Å². The molecule has 5 rings (SSSR count). The number of allylic oxidation sites excluding steroid dienone is 1. The summed E-state index contributed by atoms with van der Waals surface area (Å²) in [6, 6.07) is 16.2. The van der Waals surface area contributed by atoms with Crippen LogP contribution in [0.3, 0.4) is 0 Å². The SMILES string of the molecule is CC(c1ccc(F)cc1)C1CCC2(C1)C(=N)c1cc(F)ccc1C(=O)/C2=C/c1ccc(OC(C)(F)F)cc1. The van der Waals surface area contributed by atoms with E-state index >= 15 is 0 Å². The van der Waals surface area contributed by atoms with E-state index in [2.05, 4.69) is 11.7 Å². The van der Waals surface area contributed by atoms with Crippen LogP contribution in [0.15, 0.2) is 72.3 Å². The van der Waals surface area contributed by atoms with Crippen molar-refractivity contribution in [3.05, 3.63) is 106 Å². The van der Waals surface area contributed by atoms with E-state index in [-0.39, 0.29) is 40.5 Å². The summed E-state index contributed by atoms with van der Waals surface area (Å²) in [6.45, 7) is 2.72. The number of alkyl halides is 2. The molecule has 3 atom stereocenters. The van der Waals surface area contributed by atoms with Gasteiger partial charge in [0.25, 0.3) is 0 Å². The molecule has 3 unspecified atom stereocenters. The Morgan fingerprint density at radius 2 is 1.66 bits per heavy atom. The zero-order valence-electron chi connectivity index (χ0n) is 21.0. The van der Waals surface area contributed by atoms with Gasteiger partial charge in [-0.25, -0.2) is 8.78 Å². The molecule has 38 heavy (non-hydrogen) atoms. The highest BCUT2D eigenvalue weighted by Crippen LogP contribution is 2.56. The Morgan fingerprint density at radius 1 is 1.00 bits per heavy atom. The summed E-state index contributed by atoms with van der Waals surface area (Å²) in [7, 11) is 0. The first-order valence-electron chi connectivity index (χ1n) is 12.5. The molecule has 2 aliphatic carbocycles. The molecule has 0 heterocycles. The summed E-state index contributed by atoms with van der Waals surface area (Å²) < 4.78 is 58.8. The number of hydrogen-bond acceptors (Lipinski definition) is 3. The van der Waals surface area contributed by atoms with Gasteiger partial charge in [-0.15, -0.1) is 0 Å². The Labute approximate surface area is 218 Å². The van der Waals surface area contributed by atoms with Gasteiger partial charge in [-0.1, -0.05) is 31.2 Å². The minimum absolute atomic E-state index is 0.00745. The summed E-state index contributed by atoms with van der Waals surface area (Å²) in [6.07, 6.45) is 0.147. The monoisotopic (exact) mass is 521 g/mol. The summed E-state index contributed by atoms with van der Waals surface area (Å²) in [5, 5.41) is 9.18. The van der Waals surface area contributed by atoms with Crippen LogP contribution in [-0.4, -0.2) is 17.6 Å². The molecule has 1 fully saturated rings. The van der Waals surface area contributed by atoms with E-state index in [0.717, 1.165) is 12.0 Å². The lowest BCUT2D eigenvalue weighted by atomic mass is 9.63. The number of nitrogens with one attached hydrogen (secondary N) is 1. The van der Waals surface area contributed by atoms with Crippen molar-refractivity contribution in [2.75, 3.05) is 0 Å². The van der Waals surface area contributed by atoms with E-state index in [1.54, 1.807) is 30.3 Å². The lowest BCUT2D eigenvalue weighted by molar-refractivity contribution is -0.158. The molecule has 1 spiro atoms. The molecular formula is C31H27F4NO2. The topological polar surface area (TPSA) is 50.2 Å². The molecule has 2 aliphatic rings. The minimum atomic E-state index is -3.32. The van der Waals surface area contributed by atoms with Crippen molar-refractivity contribution >= 4 is 17.6 Å². The van der Waals surface area contributed by atoms with Crippen LogP contribution in [0.1, 0.15) is 66.1 Å². The maximum Gasteiger partial charge on any atom is 0.394 e. The quantitative estimate of drug-likeness (QED) is 0.272. The average molecular weight is 522 g/mol. The molecule has 3 nitrogen and oxygen atoms in total. The second-order valence-electron chi connectivity index (χ2n) is 10.4. The van der Waals surface area contributed by atoms with Gasteiger partial charge in [0, 0.05) is 29.0 Å². The van der Waals surface area contributed by atoms with Gasteiger partial charge in [-0.05, 0) is 90.8 Å². The first-order valence-corrected chi connectivity index (χ1v) is 12.5. The third kappa shape index (κ3) is 4.77. The van der Waals surface area contributed by atoms with Crippen molar-refractivity contribution in [3.63, 3.8) is 0 Å². The van der Waals surface area contributed by atoms with Crippen molar-refractivity contribution in [2.24, 2.45) is 11.3 Å². The van der Waals surface area contributed by atoms with Crippen LogP contribution in [-0.2, 0) is 0 Å². The number of halogens is 4. The summed E-state index contributed by atoms with van der Waals surface area (Å²) >= 11 is 0. The highest BCUT2D eigenvalue weighted by Gasteiger charge is 2.52.